The van der Waals surface area contributed by atoms with E-state index in [-0.39, 0.29) is 11.9 Å². The number of urea groups is 1. The van der Waals surface area contributed by atoms with Gasteiger partial charge in [0.25, 0.3) is 5.91 Å². The fourth-order valence-corrected chi connectivity index (χ4v) is 6.01. The Morgan fingerprint density at radius 2 is 1.78 bits per heavy atom. The van der Waals surface area contributed by atoms with Crippen LogP contribution in [0.1, 0.15) is 16.7 Å². The number of amides is 3. The van der Waals surface area contributed by atoms with E-state index in [1.165, 1.54) is 11.8 Å². The molecule has 162 valence electrons. The summed E-state index contributed by atoms with van der Waals surface area (Å²) in [6, 6.07) is 22.6. The zero-order valence-electron chi connectivity index (χ0n) is 17.5. The lowest BCUT2D eigenvalue weighted by molar-refractivity contribution is -0.123. The molecule has 1 spiro atoms. The first-order chi connectivity index (χ1) is 15.5. The minimum Gasteiger partial charge on any atom is -0.308 e. The Morgan fingerprint density at radius 1 is 1.06 bits per heavy atom. The monoisotopic (exact) mass is 463 g/mol. The molecule has 1 fully saturated rings. The predicted molar refractivity (Wildman–Crippen MR) is 130 cm³/mol. The summed E-state index contributed by atoms with van der Waals surface area (Å²) in [5, 5.41) is 3.59. The summed E-state index contributed by atoms with van der Waals surface area (Å²) in [6.45, 7) is 2.84. The van der Waals surface area contributed by atoms with Crippen LogP contribution >= 0.6 is 23.4 Å². The van der Waals surface area contributed by atoms with Gasteiger partial charge in [0, 0.05) is 28.6 Å². The van der Waals surface area contributed by atoms with Crippen molar-refractivity contribution in [2.24, 2.45) is 0 Å². The van der Waals surface area contributed by atoms with Crippen molar-refractivity contribution in [2.75, 3.05) is 22.5 Å². The summed E-state index contributed by atoms with van der Waals surface area (Å²) in [7, 11) is 0. The van der Waals surface area contributed by atoms with Gasteiger partial charge in [-0.05, 0) is 36.8 Å². The molecule has 5 nitrogen and oxygen atoms in total. The molecular weight excluding hydrogens is 442 g/mol. The average molecular weight is 464 g/mol. The van der Waals surface area contributed by atoms with Gasteiger partial charge in [0.2, 0.25) is 0 Å². The summed E-state index contributed by atoms with van der Waals surface area (Å²) >= 11 is 7.90. The van der Waals surface area contributed by atoms with Crippen molar-refractivity contribution < 1.29 is 9.59 Å². The number of carbonyl (C=O) groups is 2. The molecule has 2 heterocycles. The number of nitrogens with one attached hydrogen (secondary N) is 1. The van der Waals surface area contributed by atoms with Gasteiger partial charge in [-0.25, -0.2) is 4.79 Å². The molecule has 1 N–H and O–H groups in total. The number of halogens is 1. The molecule has 5 rings (SSSR count). The van der Waals surface area contributed by atoms with Crippen LogP contribution in [0, 0.1) is 6.92 Å². The predicted octanol–water partition coefficient (Wildman–Crippen LogP) is 5.63. The number of hydrogen-bond donors (Lipinski definition) is 1. The third kappa shape index (κ3) is 3.34. The third-order valence-corrected chi connectivity index (χ3v) is 7.72. The molecule has 1 saturated heterocycles. The SMILES string of the molecule is Cc1ccc(NC(=O)N2CCS[C@@]23C(=O)N(Cc2ccccc2Cl)c2ccccc23)cc1. The summed E-state index contributed by atoms with van der Waals surface area (Å²) < 4.78 is 0. The molecule has 7 heteroatoms. The summed E-state index contributed by atoms with van der Waals surface area (Å²) in [6.07, 6.45) is 0. The van der Waals surface area contributed by atoms with Crippen LogP contribution in [0.2, 0.25) is 5.02 Å². The fraction of sp³-hybridized carbons (Fsp3) is 0.200. The lowest BCUT2D eigenvalue weighted by atomic mass is 10.1. The van der Waals surface area contributed by atoms with E-state index < -0.39 is 4.87 Å². The minimum atomic E-state index is -1.08. The topological polar surface area (TPSA) is 52.7 Å². The van der Waals surface area contributed by atoms with Gasteiger partial charge in [-0.1, -0.05) is 65.7 Å². The largest absolute Gasteiger partial charge is 0.323 e. The molecule has 3 aromatic rings. The van der Waals surface area contributed by atoms with E-state index in [2.05, 4.69) is 5.32 Å². The second kappa shape index (κ2) is 8.19. The molecule has 2 aliphatic heterocycles. The van der Waals surface area contributed by atoms with Gasteiger partial charge >= 0.3 is 6.03 Å². The van der Waals surface area contributed by atoms with Gasteiger partial charge in [0.05, 0.1) is 12.2 Å². The number of rotatable bonds is 3. The van der Waals surface area contributed by atoms with Gasteiger partial charge < -0.3 is 10.2 Å². The van der Waals surface area contributed by atoms with Crippen molar-refractivity contribution in [1.29, 1.82) is 0 Å². The molecule has 0 bridgehead atoms. The zero-order chi connectivity index (χ0) is 22.3. The standard InChI is InChI=1S/C25H22ClN3O2S/c1-17-10-12-19(13-11-17)27-24(31)29-14-15-32-25(29)20-7-3-5-9-22(20)28(23(25)30)16-18-6-2-4-8-21(18)26/h2-13H,14-16H2,1H3,(H,27,31)/t25-/m0/s1. The van der Waals surface area contributed by atoms with Crippen molar-refractivity contribution in [1.82, 2.24) is 4.90 Å². The lowest BCUT2D eigenvalue weighted by Crippen LogP contribution is -2.51. The number of fused-ring (bicyclic) bond motifs is 2. The van der Waals surface area contributed by atoms with Crippen molar-refractivity contribution >= 4 is 46.7 Å². The van der Waals surface area contributed by atoms with Crippen LogP contribution < -0.4 is 10.2 Å². The van der Waals surface area contributed by atoms with Crippen LogP contribution in [0.3, 0.4) is 0 Å². The maximum absolute atomic E-state index is 14.0. The van der Waals surface area contributed by atoms with Gasteiger partial charge in [-0.2, -0.15) is 0 Å². The van der Waals surface area contributed by atoms with E-state index in [9.17, 15) is 9.59 Å². The van der Waals surface area contributed by atoms with Crippen LogP contribution in [0.5, 0.6) is 0 Å². The van der Waals surface area contributed by atoms with E-state index in [1.54, 1.807) is 9.80 Å². The Bertz CT molecular complexity index is 1200. The number of hydrogen-bond acceptors (Lipinski definition) is 3. The quantitative estimate of drug-likeness (QED) is 0.547. The normalized spacial score (nSPS) is 19.5. The Balaban J connectivity index is 1.51. The molecule has 32 heavy (non-hydrogen) atoms. The van der Waals surface area contributed by atoms with E-state index >= 15 is 0 Å². The first-order valence-electron chi connectivity index (χ1n) is 10.4. The number of thioether (sulfide) groups is 1. The molecule has 2 aliphatic rings. The summed E-state index contributed by atoms with van der Waals surface area (Å²) in [4.78, 5) is 29.6. The number of carbonyl (C=O) groups excluding carboxylic acids is 2. The van der Waals surface area contributed by atoms with E-state index in [4.69, 9.17) is 11.6 Å². The van der Waals surface area contributed by atoms with Gasteiger partial charge in [0.1, 0.15) is 0 Å². The Hall–Kier alpha value is -2.96. The summed E-state index contributed by atoms with van der Waals surface area (Å²) in [5.41, 5.74) is 4.36. The fourth-order valence-electron chi connectivity index (χ4n) is 4.35. The number of para-hydroxylation sites is 1. The first-order valence-corrected chi connectivity index (χ1v) is 11.8. The first kappa shape index (κ1) is 20.9. The molecule has 3 amide bonds. The average Bonchev–Trinajstić information content (AvgIpc) is 3.34. The number of nitrogens with zero attached hydrogens (tertiary/aromatic N) is 2. The number of benzene rings is 3. The van der Waals surface area contributed by atoms with Crippen molar-refractivity contribution in [3.8, 4) is 0 Å². The van der Waals surface area contributed by atoms with Crippen molar-refractivity contribution in [2.45, 2.75) is 18.3 Å². The second-order valence-corrected chi connectivity index (χ2v) is 9.64. The molecule has 0 aromatic heterocycles. The second-order valence-electron chi connectivity index (χ2n) is 7.94. The highest BCUT2D eigenvalue weighted by molar-refractivity contribution is 8.01. The molecule has 1 atom stereocenters. The van der Waals surface area contributed by atoms with Crippen LogP contribution in [0.25, 0.3) is 0 Å². The highest BCUT2D eigenvalue weighted by Gasteiger charge is 2.59. The maximum atomic E-state index is 14.0. The van der Waals surface area contributed by atoms with Crippen LogP contribution in [-0.4, -0.2) is 29.1 Å². The number of aryl methyl sites for hydroxylation is 1. The van der Waals surface area contributed by atoms with E-state index in [0.29, 0.717) is 29.6 Å². The zero-order valence-corrected chi connectivity index (χ0v) is 19.1. The van der Waals surface area contributed by atoms with Crippen LogP contribution in [0.4, 0.5) is 16.2 Å². The molecular formula is C25H22ClN3O2S. The van der Waals surface area contributed by atoms with Crippen molar-refractivity contribution in [3.63, 3.8) is 0 Å². The Morgan fingerprint density at radius 3 is 2.56 bits per heavy atom. The Kier molecular flexibility index (Phi) is 5.35. The molecule has 0 radical (unpaired) electrons. The third-order valence-electron chi connectivity index (χ3n) is 5.94. The minimum absolute atomic E-state index is 0.111. The molecule has 3 aromatic carbocycles. The van der Waals surface area contributed by atoms with Crippen molar-refractivity contribution in [3.05, 3.63) is 94.5 Å². The maximum Gasteiger partial charge on any atom is 0.323 e. The molecule has 0 saturated carbocycles. The number of anilines is 2. The highest BCUT2D eigenvalue weighted by Crippen LogP contribution is 2.54. The molecule has 0 unspecified atom stereocenters. The van der Waals surface area contributed by atoms with E-state index in [0.717, 1.165) is 22.4 Å². The molecule has 0 aliphatic carbocycles. The van der Waals surface area contributed by atoms with Crippen LogP contribution in [0.15, 0.2) is 72.8 Å². The van der Waals surface area contributed by atoms with Gasteiger partial charge in [-0.15, -0.1) is 11.8 Å². The lowest BCUT2D eigenvalue weighted by Gasteiger charge is -2.33. The smallest absolute Gasteiger partial charge is 0.308 e. The van der Waals surface area contributed by atoms with Gasteiger partial charge in [-0.3, -0.25) is 9.69 Å². The Labute approximate surface area is 196 Å². The van der Waals surface area contributed by atoms with Gasteiger partial charge in [0.15, 0.2) is 4.87 Å². The highest BCUT2D eigenvalue weighted by atomic mass is 35.5. The van der Waals surface area contributed by atoms with E-state index in [1.807, 2.05) is 79.7 Å². The summed E-state index contributed by atoms with van der Waals surface area (Å²) in [5.74, 6) is 0.571. The van der Waals surface area contributed by atoms with Crippen LogP contribution in [-0.2, 0) is 16.2 Å².